The van der Waals surface area contributed by atoms with Gasteiger partial charge in [-0.25, -0.2) is 9.59 Å². The van der Waals surface area contributed by atoms with Gasteiger partial charge in [-0.1, -0.05) is 26.5 Å². The van der Waals surface area contributed by atoms with E-state index in [1.165, 1.54) is 0 Å². The van der Waals surface area contributed by atoms with Crippen molar-refractivity contribution in [2.75, 3.05) is 26.4 Å². The number of rotatable bonds is 9. The quantitative estimate of drug-likeness (QED) is 0.371. The Balaban J connectivity index is -0.000000242. The maximum Gasteiger partial charge on any atom is 0.330 e. The van der Waals surface area contributed by atoms with Crippen LogP contribution in [-0.2, 0) is 14.3 Å². The summed E-state index contributed by atoms with van der Waals surface area (Å²) in [5.41, 5.74) is 0.317. The van der Waals surface area contributed by atoms with E-state index in [4.69, 9.17) is 20.4 Å². The zero-order valence-corrected chi connectivity index (χ0v) is 12.5. The molecular formula is C14H26O7. The molecule has 0 fully saturated rings. The lowest BCUT2D eigenvalue weighted by atomic mass is 10.1. The van der Waals surface area contributed by atoms with Crippen LogP contribution in [0.1, 0.15) is 26.2 Å². The molecule has 0 saturated heterocycles. The topological polar surface area (TPSA) is 124 Å². The second-order valence-electron chi connectivity index (χ2n) is 3.61. The van der Waals surface area contributed by atoms with Crippen LogP contribution in [0.4, 0.5) is 0 Å². The van der Waals surface area contributed by atoms with Crippen LogP contribution < -0.4 is 0 Å². The first-order chi connectivity index (χ1) is 9.87. The van der Waals surface area contributed by atoms with Gasteiger partial charge < -0.3 is 25.2 Å². The van der Waals surface area contributed by atoms with Crippen molar-refractivity contribution < 1.29 is 34.8 Å². The van der Waals surface area contributed by atoms with Gasteiger partial charge >= 0.3 is 11.9 Å². The maximum atomic E-state index is 10.1. The Hall–Kier alpha value is -1.70. The molecule has 0 aromatic carbocycles. The van der Waals surface area contributed by atoms with Gasteiger partial charge in [-0.05, 0) is 12.8 Å². The molecule has 0 spiro atoms. The molecular weight excluding hydrogens is 280 g/mol. The highest BCUT2D eigenvalue weighted by Gasteiger charge is 2.00. The molecule has 0 aromatic rings. The number of hydrogen-bond acceptors (Lipinski definition) is 5. The summed E-state index contributed by atoms with van der Waals surface area (Å²) in [7, 11) is 0. The number of carbonyl (C=O) groups is 2. The second kappa shape index (κ2) is 20.6. The third kappa shape index (κ3) is 32.1. The van der Waals surface area contributed by atoms with E-state index >= 15 is 0 Å². The highest BCUT2D eigenvalue weighted by Crippen LogP contribution is 2.03. The summed E-state index contributed by atoms with van der Waals surface area (Å²) < 4.78 is 4.63. The van der Waals surface area contributed by atoms with Gasteiger partial charge in [0.05, 0.1) is 26.4 Å². The maximum absolute atomic E-state index is 10.1. The largest absolute Gasteiger partial charge is 0.478 e. The van der Waals surface area contributed by atoms with Crippen molar-refractivity contribution in [2.45, 2.75) is 26.2 Å². The van der Waals surface area contributed by atoms with Crippen molar-refractivity contribution in [3.8, 4) is 0 Å². The molecule has 0 atom stereocenters. The lowest BCUT2D eigenvalue weighted by Gasteiger charge is -1.95. The third-order valence-electron chi connectivity index (χ3n) is 1.78. The number of carboxylic acids is 2. The molecule has 0 amide bonds. The molecule has 4 N–H and O–H groups in total. The van der Waals surface area contributed by atoms with E-state index in [0.29, 0.717) is 25.2 Å². The van der Waals surface area contributed by atoms with E-state index < -0.39 is 11.9 Å². The first-order valence-corrected chi connectivity index (χ1v) is 6.43. The fraction of sp³-hybridized carbons (Fsp3) is 0.571. The minimum atomic E-state index is -0.981. The molecule has 21 heavy (non-hydrogen) atoms. The van der Waals surface area contributed by atoms with Crippen molar-refractivity contribution in [3.63, 3.8) is 0 Å². The smallest absolute Gasteiger partial charge is 0.330 e. The fourth-order valence-electron chi connectivity index (χ4n) is 0.728. The van der Waals surface area contributed by atoms with Gasteiger partial charge in [0.2, 0.25) is 0 Å². The Morgan fingerprint density at radius 3 is 1.81 bits per heavy atom. The molecule has 0 aliphatic rings. The monoisotopic (exact) mass is 306 g/mol. The Labute approximate surface area is 125 Å². The van der Waals surface area contributed by atoms with Crippen molar-refractivity contribution in [1.29, 1.82) is 0 Å². The van der Waals surface area contributed by atoms with Crippen molar-refractivity contribution in [3.05, 3.63) is 24.8 Å². The number of aliphatic carboxylic acids is 2. The molecule has 7 nitrogen and oxygen atoms in total. The Morgan fingerprint density at radius 1 is 1.14 bits per heavy atom. The predicted octanol–water partition coefficient (Wildman–Crippen LogP) is 1.06. The molecule has 0 aromatic heterocycles. The molecule has 0 rings (SSSR count). The van der Waals surface area contributed by atoms with Gasteiger partial charge in [0.15, 0.2) is 0 Å². The van der Waals surface area contributed by atoms with E-state index in [1.54, 1.807) is 0 Å². The number of hydrogen-bond donors (Lipinski definition) is 4. The van der Waals surface area contributed by atoms with Crippen LogP contribution in [0.25, 0.3) is 0 Å². The fourth-order valence-corrected chi connectivity index (χ4v) is 0.728. The van der Waals surface area contributed by atoms with Crippen LogP contribution in [0.15, 0.2) is 24.8 Å². The van der Waals surface area contributed by atoms with Crippen LogP contribution in [0.5, 0.6) is 0 Å². The van der Waals surface area contributed by atoms with E-state index in [1.807, 2.05) is 6.92 Å². The number of ether oxygens (including phenoxy) is 1. The summed E-state index contributed by atoms with van der Waals surface area (Å²) in [6.07, 6.45) is 3.39. The van der Waals surface area contributed by atoms with Crippen molar-refractivity contribution >= 4 is 11.9 Å². The minimum Gasteiger partial charge on any atom is -0.478 e. The third-order valence-corrected chi connectivity index (χ3v) is 1.78. The summed E-state index contributed by atoms with van der Waals surface area (Å²) >= 11 is 0. The number of aliphatic hydroxyl groups is 2. The number of unbranched alkanes of at least 4 members (excludes halogenated alkanes) is 1. The highest BCUT2D eigenvalue weighted by atomic mass is 16.5. The molecule has 0 radical (unpaired) electrons. The van der Waals surface area contributed by atoms with Gasteiger partial charge in [0, 0.05) is 11.6 Å². The Bertz CT molecular complexity index is 283. The molecule has 0 heterocycles. The van der Waals surface area contributed by atoms with Gasteiger partial charge in [-0.3, -0.25) is 0 Å². The van der Waals surface area contributed by atoms with E-state index in [9.17, 15) is 9.59 Å². The zero-order chi connectivity index (χ0) is 17.1. The van der Waals surface area contributed by atoms with Crippen LogP contribution in [-0.4, -0.2) is 58.8 Å². The first-order valence-electron chi connectivity index (χ1n) is 6.43. The lowest BCUT2D eigenvalue weighted by Crippen LogP contribution is -2.03. The number of carboxylic acid groups (broad SMARTS) is 2. The molecule has 0 unspecified atom stereocenters. The van der Waals surface area contributed by atoms with Crippen LogP contribution in [0.3, 0.4) is 0 Å². The van der Waals surface area contributed by atoms with Gasteiger partial charge in [0.1, 0.15) is 0 Å². The summed E-state index contributed by atoms with van der Waals surface area (Å²) in [4.78, 5) is 19.4. The van der Waals surface area contributed by atoms with Crippen molar-refractivity contribution in [2.24, 2.45) is 0 Å². The number of aliphatic hydroxyl groups excluding tert-OH is 2. The first kappa shape index (κ1) is 24.3. The van der Waals surface area contributed by atoms with Crippen LogP contribution >= 0.6 is 0 Å². The van der Waals surface area contributed by atoms with Gasteiger partial charge in [-0.2, -0.15) is 0 Å². The van der Waals surface area contributed by atoms with Crippen LogP contribution in [0, 0.1) is 0 Å². The normalized spacial score (nSPS) is 8.52. The van der Waals surface area contributed by atoms with Gasteiger partial charge in [0.25, 0.3) is 0 Å². The molecule has 7 heteroatoms. The average molecular weight is 306 g/mol. The molecule has 124 valence electrons. The predicted molar refractivity (Wildman–Crippen MR) is 79.1 cm³/mol. The average Bonchev–Trinajstić information content (AvgIpc) is 2.46. The lowest BCUT2D eigenvalue weighted by molar-refractivity contribution is -0.133. The minimum absolute atomic E-state index is 0.0278. The Kier molecular flexibility index (Phi) is 23.9. The Morgan fingerprint density at radius 2 is 1.57 bits per heavy atom. The van der Waals surface area contributed by atoms with Crippen molar-refractivity contribution in [1.82, 2.24) is 0 Å². The summed E-state index contributed by atoms with van der Waals surface area (Å²) in [5, 5.41) is 32.1. The standard InChI is InChI=1S/C7H12O2.C4H10O3.C3H4O2/c1-3-4-5-6(2)7(8)9;5-1-3-7-4-2-6;1-2-3(4)5/h2-5H2,1H3,(H,8,9);5-6H,1-4H2;2H,1H2,(H,4,5). The SMILES string of the molecule is C=C(CCCC)C(=O)O.C=CC(=O)O.OCCOCCO. The van der Waals surface area contributed by atoms with E-state index in [0.717, 1.165) is 18.9 Å². The molecule has 0 saturated carbocycles. The zero-order valence-electron chi connectivity index (χ0n) is 12.5. The summed E-state index contributed by atoms with van der Waals surface area (Å²) in [6.45, 7) is 9.07. The van der Waals surface area contributed by atoms with E-state index in [-0.39, 0.29) is 13.2 Å². The highest BCUT2D eigenvalue weighted by molar-refractivity contribution is 5.85. The van der Waals surface area contributed by atoms with E-state index in [2.05, 4.69) is 17.9 Å². The second-order valence-corrected chi connectivity index (χ2v) is 3.61. The molecule has 0 aliphatic carbocycles. The van der Waals surface area contributed by atoms with Gasteiger partial charge in [-0.15, -0.1) is 0 Å². The molecule has 0 aliphatic heterocycles. The summed E-state index contributed by atoms with van der Waals surface area (Å²) in [6, 6.07) is 0. The summed E-state index contributed by atoms with van der Waals surface area (Å²) in [5.74, 6) is -1.85. The molecule has 0 bridgehead atoms. The van der Waals surface area contributed by atoms with Crippen LogP contribution in [0.2, 0.25) is 0 Å².